The van der Waals surface area contributed by atoms with Gasteiger partial charge in [0.1, 0.15) is 0 Å². The molecule has 5 nitrogen and oxygen atoms in total. The van der Waals surface area contributed by atoms with Gasteiger partial charge in [-0.2, -0.15) is 11.3 Å². The Kier molecular flexibility index (Phi) is 5.40. The van der Waals surface area contributed by atoms with Gasteiger partial charge in [0.25, 0.3) is 0 Å². The van der Waals surface area contributed by atoms with Gasteiger partial charge in [-0.05, 0) is 47.6 Å². The van der Waals surface area contributed by atoms with Gasteiger partial charge in [0.15, 0.2) is 0 Å². The van der Waals surface area contributed by atoms with Crippen LogP contribution in [0.3, 0.4) is 0 Å². The highest BCUT2D eigenvalue weighted by Crippen LogP contribution is 2.20. The largest absolute Gasteiger partial charge is 0.481 e. The van der Waals surface area contributed by atoms with Crippen molar-refractivity contribution in [1.29, 1.82) is 0 Å². The second-order valence-electron chi connectivity index (χ2n) is 5.14. The highest BCUT2D eigenvalue weighted by atomic mass is 32.1. The third-order valence-electron chi connectivity index (χ3n) is 3.64. The molecule has 0 aliphatic carbocycles. The Morgan fingerprint density at radius 2 is 2.15 bits per heavy atom. The Morgan fingerprint density at radius 3 is 2.75 bits per heavy atom. The maximum absolute atomic E-state index is 12.0. The van der Waals surface area contributed by atoms with Gasteiger partial charge in [-0.15, -0.1) is 0 Å². The number of aliphatic carboxylic acids is 1. The molecule has 0 spiro atoms. The Labute approximate surface area is 122 Å². The van der Waals surface area contributed by atoms with Crippen LogP contribution in [0.25, 0.3) is 0 Å². The summed E-state index contributed by atoms with van der Waals surface area (Å²) in [6, 6.07) is 2.03. The van der Waals surface area contributed by atoms with Crippen molar-refractivity contribution < 1.29 is 14.7 Å². The number of carbonyl (C=O) groups excluding carboxylic acids is 1. The summed E-state index contributed by atoms with van der Waals surface area (Å²) in [5.74, 6) is -0.536. The molecule has 2 rings (SSSR count). The standard InChI is InChI=1S/C14H20N2O3S/c17-13(18)9-11-2-6-16(7-3-11)14(19)15-5-1-12-4-8-20-10-12/h4,8,10-11H,1-3,5-7,9H2,(H,15,19)(H,17,18). The molecule has 0 atom stereocenters. The molecule has 2 N–H and O–H groups in total. The summed E-state index contributed by atoms with van der Waals surface area (Å²) in [6.45, 7) is 1.95. The number of thiophene rings is 1. The molecule has 2 amide bonds. The zero-order valence-corrected chi connectivity index (χ0v) is 12.2. The second kappa shape index (κ2) is 7.28. The molecule has 1 aromatic rings. The molecule has 1 fully saturated rings. The smallest absolute Gasteiger partial charge is 0.317 e. The van der Waals surface area contributed by atoms with Crippen molar-refractivity contribution in [2.24, 2.45) is 5.92 Å². The Hall–Kier alpha value is -1.56. The van der Waals surface area contributed by atoms with Crippen molar-refractivity contribution in [3.8, 4) is 0 Å². The topological polar surface area (TPSA) is 69.6 Å². The molecule has 1 aromatic heterocycles. The average molecular weight is 296 g/mol. The van der Waals surface area contributed by atoms with Crippen LogP contribution in [0.5, 0.6) is 0 Å². The number of hydrogen-bond acceptors (Lipinski definition) is 3. The van der Waals surface area contributed by atoms with E-state index in [1.54, 1.807) is 16.2 Å². The number of carboxylic acid groups (broad SMARTS) is 1. The molecule has 2 heterocycles. The molecule has 0 saturated carbocycles. The molecule has 1 aliphatic heterocycles. The normalized spacial score (nSPS) is 16.1. The van der Waals surface area contributed by atoms with Gasteiger partial charge in [-0.1, -0.05) is 0 Å². The summed E-state index contributed by atoms with van der Waals surface area (Å²) in [4.78, 5) is 24.4. The van der Waals surface area contributed by atoms with E-state index < -0.39 is 5.97 Å². The zero-order chi connectivity index (χ0) is 14.4. The number of nitrogens with one attached hydrogen (secondary N) is 1. The third-order valence-corrected chi connectivity index (χ3v) is 4.37. The first-order valence-electron chi connectivity index (χ1n) is 6.91. The fraction of sp³-hybridized carbons (Fsp3) is 0.571. The van der Waals surface area contributed by atoms with E-state index in [2.05, 4.69) is 16.8 Å². The molecule has 0 aromatic carbocycles. The first-order valence-corrected chi connectivity index (χ1v) is 7.85. The Balaban J connectivity index is 1.65. The fourth-order valence-electron chi connectivity index (χ4n) is 2.45. The number of likely N-dealkylation sites (tertiary alicyclic amines) is 1. The van der Waals surface area contributed by atoms with Crippen LogP contribution >= 0.6 is 11.3 Å². The van der Waals surface area contributed by atoms with E-state index in [9.17, 15) is 9.59 Å². The fourth-order valence-corrected chi connectivity index (χ4v) is 3.15. The monoisotopic (exact) mass is 296 g/mol. The van der Waals surface area contributed by atoms with E-state index in [4.69, 9.17) is 5.11 Å². The summed E-state index contributed by atoms with van der Waals surface area (Å²) in [5, 5.41) is 15.8. The number of carbonyl (C=O) groups is 2. The lowest BCUT2D eigenvalue weighted by Crippen LogP contribution is -2.45. The summed E-state index contributed by atoms with van der Waals surface area (Å²) in [5.41, 5.74) is 1.25. The number of urea groups is 1. The van der Waals surface area contributed by atoms with Gasteiger partial charge in [0.2, 0.25) is 0 Å². The van der Waals surface area contributed by atoms with Gasteiger partial charge in [-0.3, -0.25) is 4.79 Å². The van der Waals surface area contributed by atoms with Crippen LogP contribution in [0, 0.1) is 5.92 Å². The highest BCUT2D eigenvalue weighted by molar-refractivity contribution is 7.07. The Morgan fingerprint density at radius 1 is 1.40 bits per heavy atom. The van der Waals surface area contributed by atoms with Crippen molar-refractivity contribution in [3.05, 3.63) is 22.4 Å². The molecule has 0 unspecified atom stereocenters. The van der Waals surface area contributed by atoms with Gasteiger partial charge >= 0.3 is 12.0 Å². The SMILES string of the molecule is O=C(O)CC1CCN(C(=O)NCCc2ccsc2)CC1. The molecule has 1 saturated heterocycles. The van der Waals surface area contributed by atoms with Crippen LogP contribution in [-0.4, -0.2) is 41.6 Å². The minimum atomic E-state index is -0.747. The van der Waals surface area contributed by atoms with Gasteiger partial charge in [0, 0.05) is 26.1 Å². The molecule has 20 heavy (non-hydrogen) atoms. The number of carboxylic acids is 1. The predicted octanol–water partition coefficient (Wildman–Crippen LogP) is 2.19. The van der Waals surface area contributed by atoms with Crippen LogP contribution in [0.4, 0.5) is 4.79 Å². The summed E-state index contributed by atoms with van der Waals surface area (Å²) in [6.07, 6.45) is 2.63. The molecule has 1 aliphatic rings. The third kappa shape index (κ3) is 4.52. The summed E-state index contributed by atoms with van der Waals surface area (Å²) >= 11 is 1.66. The number of piperidine rings is 1. The number of amides is 2. The average Bonchev–Trinajstić information content (AvgIpc) is 2.92. The van der Waals surface area contributed by atoms with E-state index in [1.165, 1.54) is 5.56 Å². The molecule has 6 heteroatoms. The first kappa shape index (κ1) is 14.8. The van der Waals surface area contributed by atoms with Gasteiger partial charge in [-0.25, -0.2) is 4.79 Å². The molecular formula is C14H20N2O3S. The quantitative estimate of drug-likeness (QED) is 0.875. The lowest BCUT2D eigenvalue weighted by molar-refractivity contribution is -0.138. The second-order valence-corrected chi connectivity index (χ2v) is 5.92. The Bertz CT molecular complexity index is 439. The van der Waals surface area contributed by atoms with E-state index in [0.717, 1.165) is 19.3 Å². The highest BCUT2D eigenvalue weighted by Gasteiger charge is 2.23. The lowest BCUT2D eigenvalue weighted by Gasteiger charge is -2.31. The van der Waals surface area contributed by atoms with Crippen LogP contribution in [0.15, 0.2) is 16.8 Å². The van der Waals surface area contributed by atoms with Crippen LogP contribution < -0.4 is 5.32 Å². The van der Waals surface area contributed by atoms with E-state index in [-0.39, 0.29) is 18.4 Å². The number of nitrogens with zero attached hydrogens (tertiary/aromatic N) is 1. The van der Waals surface area contributed by atoms with Crippen molar-refractivity contribution in [3.63, 3.8) is 0 Å². The lowest BCUT2D eigenvalue weighted by atomic mass is 9.94. The number of rotatable bonds is 5. The van der Waals surface area contributed by atoms with Crippen LogP contribution in [0.2, 0.25) is 0 Å². The summed E-state index contributed by atoms with van der Waals surface area (Å²) < 4.78 is 0. The summed E-state index contributed by atoms with van der Waals surface area (Å²) in [7, 11) is 0. The van der Waals surface area contributed by atoms with Gasteiger partial charge < -0.3 is 15.3 Å². The van der Waals surface area contributed by atoms with E-state index >= 15 is 0 Å². The molecular weight excluding hydrogens is 276 g/mol. The first-order chi connectivity index (χ1) is 9.65. The molecule has 0 radical (unpaired) electrons. The van der Waals surface area contributed by atoms with E-state index in [0.29, 0.717) is 19.6 Å². The van der Waals surface area contributed by atoms with Gasteiger partial charge in [0.05, 0.1) is 0 Å². The minimum absolute atomic E-state index is 0.0333. The maximum atomic E-state index is 12.0. The van der Waals surface area contributed by atoms with Crippen molar-refractivity contribution >= 4 is 23.3 Å². The van der Waals surface area contributed by atoms with Crippen LogP contribution in [-0.2, 0) is 11.2 Å². The molecule has 110 valence electrons. The predicted molar refractivity (Wildman–Crippen MR) is 78.0 cm³/mol. The minimum Gasteiger partial charge on any atom is -0.481 e. The molecule has 0 bridgehead atoms. The van der Waals surface area contributed by atoms with Crippen LogP contribution in [0.1, 0.15) is 24.8 Å². The maximum Gasteiger partial charge on any atom is 0.317 e. The van der Waals surface area contributed by atoms with E-state index in [1.807, 2.05) is 5.38 Å². The van der Waals surface area contributed by atoms with Crippen molar-refractivity contribution in [1.82, 2.24) is 10.2 Å². The zero-order valence-electron chi connectivity index (χ0n) is 11.4. The van der Waals surface area contributed by atoms with Crippen molar-refractivity contribution in [2.45, 2.75) is 25.7 Å². The number of hydrogen-bond donors (Lipinski definition) is 2. The van der Waals surface area contributed by atoms with Crippen molar-refractivity contribution in [2.75, 3.05) is 19.6 Å².